The van der Waals surface area contributed by atoms with Crippen molar-refractivity contribution < 1.29 is 9.50 Å². The average molecular weight is 277 g/mol. The fourth-order valence-corrected chi connectivity index (χ4v) is 2.30. The molecule has 0 aliphatic carbocycles. The average Bonchev–Trinajstić information content (AvgIpc) is 2.69. The molecule has 0 bridgehead atoms. The van der Waals surface area contributed by atoms with Gasteiger partial charge in [0.05, 0.1) is 16.1 Å². The number of rotatable bonds is 1. The molecule has 0 atom stereocenters. The highest BCUT2D eigenvalue weighted by Gasteiger charge is 2.13. The lowest BCUT2D eigenvalue weighted by Crippen LogP contribution is -1.93. The minimum Gasteiger partial charge on any atom is -0.508 e. The second kappa shape index (κ2) is 4.24. The van der Waals surface area contributed by atoms with Crippen molar-refractivity contribution in [3.63, 3.8) is 0 Å². The van der Waals surface area contributed by atoms with E-state index in [1.807, 2.05) is 11.6 Å². The van der Waals surface area contributed by atoms with Gasteiger partial charge < -0.3 is 9.67 Å². The van der Waals surface area contributed by atoms with Gasteiger partial charge in [-0.15, -0.1) is 0 Å². The quantitative estimate of drug-likeness (QED) is 0.735. The van der Waals surface area contributed by atoms with Crippen molar-refractivity contribution in [2.45, 2.75) is 0 Å². The van der Waals surface area contributed by atoms with Crippen LogP contribution < -0.4 is 0 Å². The summed E-state index contributed by atoms with van der Waals surface area (Å²) in [6.45, 7) is 0. The maximum absolute atomic E-state index is 13.2. The lowest BCUT2D eigenvalue weighted by Gasteiger charge is -2.05. The Balaban J connectivity index is 2.30. The number of benzene rings is 2. The number of halogens is 2. The maximum Gasteiger partial charge on any atom is 0.142 e. The highest BCUT2D eigenvalue weighted by atomic mass is 35.5. The second-order valence-corrected chi connectivity index (χ2v) is 4.70. The standard InChI is InChI=1S/C14H10ClFN2O/c1-18-13-5-2-8(16)6-12(13)17-14(18)10-7-9(19)3-4-11(10)15/h2-7,19H,1H3. The minimum atomic E-state index is -0.334. The number of aromatic nitrogens is 2. The predicted molar refractivity (Wildman–Crippen MR) is 72.8 cm³/mol. The summed E-state index contributed by atoms with van der Waals surface area (Å²) < 4.78 is 15.0. The molecule has 0 unspecified atom stereocenters. The fraction of sp³-hybridized carbons (Fsp3) is 0.0714. The van der Waals surface area contributed by atoms with Crippen LogP contribution in [-0.4, -0.2) is 14.7 Å². The monoisotopic (exact) mass is 276 g/mol. The van der Waals surface area contributed by atoms with E-state index in [0.717, 1.165) is 5.52 Å². The smallest absolute Gasteiger partial charge is 0.142 e. The molecule has 0 spiro atoms. The van der Waals surface area contributed by atoms with Crippen LogP contribution in [0.25, 0.3) is 22.4 Å². The Kier molecular flexibility index (Phi) is 2.68. The van der Waals surface area contributed by atoms with Crippen molar-refractivity contribution in [1.29, 1.82) is 0 Å². The molecule has 3 nitrogen and oxygen atoms in total. The Labute approximate surface area is 113 Å². The Hall–Kier alpha value is -2.07. The first-order valence-electron chi connectivity index (χ1n) is 5.67. The van der Waals surface area contributed by atoms with Crippen LogP contribution >= 0.6 is 11.6 Å². The third-order valence-electron chi connectivity index (χ3n) is 3.03. The summed E-state index contributed by atoms with van der Waals surface area (Å²) in [4.78, 5) is 4.37. The molecule has 0 amide bonds. The van der Waals surface area contributed by atoms with Crippen LogP contribution in [0.5, 0.6) is 5.75 Å². The van der Waals surface area contributed by atoms with E-state index in [4.69, 9.17) is 11.6 Å². The SMILES string of the molecule is Cn1c(-c2cc(O)ccc2Cl)nc2cc(F)ccc21. The summed E-state index contributed by atoms with van der Waals surface area (Å²) in [5.41, 5.74) is 1.97. The van der Waals surface area contributed by atoms with Gasteiger partial charge in [0.25, 0.3) is 0 Å². The van der Waals surface area contributed by atoms with Crippen LogP contribution in [-0.2, 0) is 7.05 Å². The van der Waals surface area contributed by atoms with Crippen molar-refractivity contribution in [1.82, 2.24) is 9.55 Å². The number of aryl methyl sites for hydroxylation is 1. The van der Waals surface area contributed by atoms with Crippen LogP contribution in [0, 0.1) is 5.82 Å². The Bertz CT molecular complexity index is 782. The molecule has 0 aliphatic heterocycles. The highest BCUT2D eigenvalue weighted by Crippen LogP contribution is 2.32. The topological polar surface area (TPSA) is 38.0 Å². The largest absolute Gasteiger partial charge is 0.508 e. The molecule has 3 rings (SSSR count). The Morgan fingerprint density at radius 2 is 2.00 bits per heavy atom. The number of aromatic hydroxyl groups is 1. The molecule has 0 aliphatic rings. The first kappa shape index (κ1) is 12.0. The Morgan fingerprint density at radius 1 is 1.21 bits per heavy atom. The number of fused-ring (bicyclic) bond motifs is 1. The molecule has 0 saturated carbocycles. The van der Waals surface area contributed by atoms with Gasteiger partial charge in [-0.25, -0.2) is 9.37 Å². The zero-order chi connectivity index (χ0) is 13.6. The van der Waals surface area contributed by atoms with Crippen LogP contribution in [0.4, 0.5) is 4.39 Å². The summed E-state index contributed by atoms with van der Waals surface area (Å²) in [7, 11) is 1.82. The van der Waals surface area contributed by atoms with Gasteiger partial charge in [0.15, 0.2) is 0 Å². The van der Waals surface area contributed by atoms with Crippen molar-refractivity contribution >= 4 is 22.6 Å². The minimum absolute atomic E-state index is 0.109. The normalized spacial score (nSPS) is 11.1. The summed E-state index contributed by atoms with van der Waals surface area (Å²) >= 11 is 6.12. The zero-order valence-electron chi connectivity index (χ0n) is 10.1. The molecular formula is C14H10ClFN2O. The van der Waals surface area contributed by atoms with Crippen LogP contribution in [0.15, 0.2) is 36.4 Å². The summed E-state index contributed by atoms with van der Waals surface area (Å²) in [6, 6.07) is 9.07. The molecular weight excluding hydrogens is 267 g/mol. The summed E-state index contributed by atoms with van der Waals surface area (Å²) in [5.74, 6) is 0.360. The van der Waals surface area contributed by atoms with Gasteiger partial charge in [-0.05, 0) is 30.3 Å². The molecule has 0 fully saturated rings. The van der Waals surface area contributed by atoms with Gasteiger partial charge >= 0.3 is 0 Å². The van der Waals surface area contributed by atoms with Crippen LogP contribution in [0.1, 0.15) is 0 Å². The van der Waals surface area contributed by atoms with Crippen molar-refractivity contribution in [3.8, 4) is 17.1 Å². The number of phenols is 1. The highest BCUT2D eigenvalue weighted by molar-refractivity contribution is 6.33. The van der Waals surface area contributed by atoms with E-state index >= 15 is 0 Å². The lowest BCUT2D eigenvalue weighted by molar-refractivity contribution is 0.475. The molecule has 1 aromatic heterocycles. The number of phenolic OH excluding ortho intramolecular Hbond substituents is 1. The predicted octanol–water partition coefficient (Wildman–Crippen LogP) is 3.74. The van der Waals surface area contributed by atoms with Crippen LogP contribution in [0.2, 0.25) is 5.02 Å². The molecule has 0 radical (unpaired) electrons. The molecule has 19 heavy (non-hydrogen) atoms. The maximum atomic E-state index is 13.2. The number of nitrogens with zero attached hydrogens (tertiary/aromatic N) is 2. The van der Waals surface area contributed by atoms with Crippen molar-refractivity contribution in [2.75, 3.05) is 0 Å². The number of hydrogen-bond donors (Lipinski definition) is 1. The molecule has 2 aromatic carbocycles. The van der Waals surface area contributed by atoms with E-state index in [1.165, 1.54) is 18.2 Å². The number of imidazole rings is 1. The summed E-state index contributed by atoms with van der Waals surface area (Å²) in [5, 5.41) is 10.0. The summed E-state index contributed by atoms with van der Waals surface area (Å²) in [6.07, 6.45) is 0. The van der Waals surface area contributed by atoms with Gasteiger partial charge in [0.1, 0.15) is 17.4 Å². The number of hydrogen-bond acceptors (Lipinski definition) is 2. The molecule has 3 aromatic rings. The molecule has 5 heteroatoms. The van der Waals surface area contributed by atoms with Crippen LogP contribution in [0.3, 0.4) is 0 Å². The van der Waals surface area contributed by atoms with E-state index in [9.17, 15) is 9.50 Å². The molecule has 96 valence electrons. The van der Waals surface area contributed by atoms with E-state index in [2.05, 4.69) is 4.98 Å². The fourth-order valence-electron chi connectivity index (χ4n) is 2.10. The Morgan fingerprint density at radius 3 is 2.79 bits per heavy atom. The molecule has 0 saturated heterocycles. The molecule has 1 N–H and O–H groups in total. The first-order valence-corrected chi connectivity index (χ1v) is 6.05. The molecule has 1 heterocycles. The van der Waals surface area contributed by atoms with Crippen molar-refractivity contribution in [2.24, 2.45) is 7.05 Å². The van der Waals surface area contributed by atoms with Gasteiger partial charge in [-0.1, -0.05) is 11.6 Å². The van der Waals surface area contributed by atoms with E-state index < -0.39 is 0 Å². The van der Waals surface area contributed by atoms with Crippen molar-refractivity contribution in [3.05, 3.63) is 47.2 Å². The van der Waals surface area contributed by atoms with Gasteiger partial charge in [0, 0.05) is 18.7 Å². The van der Waals surface area contributed by atoms with Gasteiger partial charge in [-0.3, -0.25) is 0 Å². The first-order chi connectivity index (χ1) is 9.06. The van der Waals surface area contributed by atoms with E-state index in [-0.39, 0.29) is 11.6 Å². The van der Waals surface area contributed by atoms with E-state index in [0.29, 0.717) is 21.9 Å². The zero-order valence-corrected chi connectivity index (χ0v) is 10.8. The third-order valence-corrected chi connectivity index (χ3v) is 3.36. The lowest BCUT2D eigenvalue weighted by atomic mass is 10.2. The second-order valence-electron chi connectivity index (χ2n) is 4.29. The third kappa shape index (κ3) is 1.94. The van der Waals surface area contributed by atoms with E-state index in [1.54, 1.807) is 18.2 Å². The van der Waals surface area contributed by atoms with Gasteiger partial charge in [-0.2, -0.15) is 0 Å². The van der Waals surface area contributed by atoms with Gasteiger partial charge in [0.2, 0.25) is 0 Å².